The summed E-state index contributed by atoms with van der Waals surface area (Å²) in [4.78, 5) is 13.1. The maximum Gasteiger partial charge on any atom is 0.319 e. The molecule has 1 rings (SSSR count). The fourth-order valence-corrected chi connectivity index (χ4v) is 1.80. The third kappa shape index (κ3) is 1.06. The van der Waals surface area contributed by atoms with Gasteiger partial charge < -0.3 is 5.21 Å². The lowest BCUT2D eigenvalue weighted by atomic mass is 9.81. The number of carbonyl (C=O) groups excluding carboxylic acids is 1. The molecule has 0 radical (unpaired) electrons. The van der Waals surface area contributed by atoms with E-state index in [1.807, 2.05) is 20.8 Å². The van der Waals surface area contributed by atoms with Gasteiger partial charge in [-0.25, -0.2) is 0 Å². The highest BCUT2D eigenvalue weighted by molar-refractivity contribution is 6.36. The van der Waals surface area contributed by atoms with E-state index in [4.69, 9.17) is 0 Å². The van der Waals surface area contributed by atoms with Crippen LogP contribution in [-0.2, 0) is 4.79 Å². The van der Waals surface area contributed by atoms with Gasteiger partial charge in [-0.1, -0.05) is 20.8 Å². The van der Waals surface area contributed by atoms with Crippen molar-refractivity contribution in [3.63, 3.8) is 0 Å². The van der Waals surface area contributed by atoms with Crippen LogP contribution in [0.1, 0.15) is 34.6 Å². The molecule has 0 aromatic carbocycles. The van der Waals surface area contributed by atoms with Gasteiger partial charge in [0.15, 0.2) is 0 Å². The first-order chi connectivity index (χ1) is 6.14. The van der Waals surface area contributed by atoms with Gasteiger partial charge in [0.1, 0.15) is 0 Å². The summed E-state index contributed by atoms with van der Waals surface area (Å²) < 4.78 is 0.829. The number of hydrogen-bond donors (Lipinski definition) is 0. The van der Waals surface area contributed by atoms with Crippen LogP contribution in [-0.4, -0.2) is 34.0 Å². The lowest BCUT2D eigenvalue weighted by Crippen LogP contribution is -2.56. The van der Waals surface area contributed by atoms with Crippen molar-refractivity contribution in [3.05, 3.63) is 5.21 Å². The Kier molecular flexibility index (Phi) is 2.14. The summed E-state index contributed by atoms with van der Waals surface area (Å²) in [6.45, 7) is 9.25. The van der Waals surface area contributed by atoms with Crippen LogP contribution in [0.4, 0.5) is 0 Å². The van der Waals surface area contributed by atoms with E-state index in [1.54, 1.807) is 20.9 Å². The zero-order chi connectivity index (χ0) is 11.3. The van der Waals surface area contributed by atoms with Gasteiger partial charge in [0.25, 0.3) is 11.4 Å². The van der Waals surface area contributed by atoms with Crippen LogP contribution in [0.15, 0.2) is 0 Å². The molecule has 1 heterocycles. The molecule has 0 aliphatic carbocycles. The van der Waals surface area contributed by atoms with Crippen LogP contribution >= 0.6 is 0 Å². The van der Waals surface area contributed by atoms with Crippen molar-refractivity contribution < 1.29 is 9.53 Å². The second kappa shape index (κ2) is 2.72. The molecule has 0 saturated heterocycles. The molecule has 0 bridgehead atoms. The molecule has 1 aliphatic rings. The number of nitrogens with zero attached hydrogens (tertiary/aromatic N) is 2. The molecule has 0 N–H and O–H groups in total. The Labute approximate surface area is 84.8 Å². The highest BCUT2D eigenvalue weighted by Crippen LogP contribution is 2.38. The zero-order valence-electron chi connectivity index (χ0n) is 9.71. The number of hydrogen-bond acceptors (Lipinski definition) is 2. The highest BCUT2D eigenvalue weighted by atomic mass is 16.5. The Balaban J connectivity index is 3.33. The fraction of sp³-hybridized carbons (Fsp3) is 0.800. The predicted octanol–water partition coefficient (Wildman–Crippen LogP) is 1.19. The van der Waals surface area contributed by atoms with Gasteiger partial charge in [-0.2, -0.15) is 4.74 Å². The van der Waals surface area contributed by atoms with Crippen molar-refractivity contribution in [1.82, 2.24) is 4.90 Å². The monoisotopic (exact) mass is 198 g/mol. The molecule has 0 spiro atoms. The Morgan fingerprint density at radius 3 is 2.00 bits per heavy atom. The van der Waals surface area contributed by atoms with Crippen molar-refractivity contribution in [2.45, 2.75) is 40.3 Å². The van der Waals surface area contributed by atoms with E-state index in [9.17, 15) is 10.0 Å². The third-order valence-corrected chi connectivity index (χ3v) is 3.39. The summed E-state index contributed by atoms with van der Waals surface area (Å²) in [5.41, 5.74) is -0.796. The second-order valence-corrected chi connectivity index (χ2v) is 5.01. The van der Waals surface area contributed by atoms with Crippen molar-refractivity contribution >= 4 is 11.6 Å². The Morgan fingerprint density at radius 1 is 1.43 bits per heavy atom. The van der Waals surface area contributed by atoms with E-state index in [1.165, 1.54) is 4.90 Å². The summed E-state index contributed by atoms with van der Waals surface area (Å²) in [5.74, 6) is -0.183. The number of rotatable bonds is 0. The van der Waals surface area contributed by atoms with Gasteiger partial charge in [-0.15, -0.1) is 0 Å². The van der Waals surface area contributed by atoms with Crippen molar-refractivity contribution in [1.29, 1.82) is 0 Å². The van der Waals surface area contributed by atoms with Crippen LogP contribution in [0.2, 0.25) is 0 Å². The van der Waals surface area contributed by atoms with Gasteiger partial charge >= 0.3 is 5.91 Å². The minimum Gasteiger partial charge on any atom is -0.622 e. The quantitative estimate of drug-likeness (QED) is 0.433. The minimum atomic E-state index is -0.784. The van der Waals surface area contributed by atoms with Crippen LogP contribution in [0.5, 0.6) is 0 Å². The van der Waals surface area contributed by atoms with Crippen LogP contribution in [0.3, 0.4) is 0 Å². The summed E-state index contributed by atoms with van der Waals surface area (Å²) in [6.07, 6.45) is 0. The normalized spacial score (nSPS) is 29.0. The maximum absolute atomic E-state index is 11.9. The first-order valence-electron chi connectivity index (χ1n) is 4.73. The summed E-state index contributed by atoms with van der Waals surface area (Å²) in [7, 11) is 1.68. The summed E-state index contributed by atoms with van der Waals surface area (Å²) in [5, 5.41) is 11.9. The summed E-state index contributed by atoms with van der Waals surface area (Å²) in [6, 6.07) is 0. The maximum atomic E-state index is 11.9. The Morgan fingerprint density at radius 2 is 1.86 bits per heavy atom. The first-order valence-corrected chi connectivity index (χ1v) is 4.73. The number of amides is 1. The molecular weight excluding hydrogens is 180 g/mol. The standard InChI is InChI=1S/C10H18N2O2/c1-7-8(13)11(6)10(5,12(7)14)9(2,3)4/h1-6H3/t10-/m1/s1. The highest BCUT2D eigenvalue weighted by Gasteiger charge is 2.57. The van der Waals surface area contributed by atoms with E-state index in [0.717, 1.165) is 4.74 Å². The molecule has 1 aliphatic heterocycles. The Hall–Kier alpha value is -1.06. The smallest absolute Gasteiger partial charge is 0.319 e. The number of hydroxylamine groups is 1. The van der Waals surface area contributed by atoms with Gasteiger partial charge in [0.05, 0.1) is 0 Å². The molecule has 4 nitrogen and oxygen atoms in total. The SMILES string of the molecule is CC1=[N+]([O-])[C@](C)(C(C)(C)C)N(C)C1=O. The predicted molar refractivity (Wildman–Crippen MR) is 54.9 cm³/mol. The average Bonchev–Trinajstić information content (AvgIpc) is 2.21. The van der Waals surface area contributed by atoms with E-state index < -0.39 is 5.66 Å². The zero-order valence-corrected chi connectivity index (χ0v) is 9.71. The van der Waals surface area contributed by atoms with E-state index in [2.05, 4.69) is 0 Å². The average molecular weight is 198 g/mol. The summed E-state index contributed by atoms with van der Waals surface area (Å²) >= 11 is 0. The minimum absolute atomic E-state index is 0.183. The van der Waals surface area contributed by atoms with E-state index in [0.29, 0.717) is 0 Å². The van der Waals surface area contributed by atoms with Crippen molar-refractivity contribution in [3.8, 4) is 0 Å². The molecule has 1 atom stereocenters. The van der Waals surface area contributed by atoms with Gasteiger partial charge in [0.2, 0.25) is 0 Å². The van der Waals surface area contributed by atoms with Gasteiger partial charge in [0, 0.05) is 26.3 Å². The molecule has 4 heteroatoms. The molecule has 14 heavy (non-hydrogen) atoms. The van der Waals surface area contributed by atoms with Gasteiger partial charge in [-0.3, -0.25) is 9.69 Å². The molecule has 0 unspecified atom stereocenters. The van der Waals surface area contributed by atoms with E-state index in [-0.39, 0.29) is 17.0 Å². The lowest BCUT2D eigenvalue weighted by molar-refractivity contribution is -0.582. The van der Waals surface area contributed by atoms with Crippen molar-refractivity contribution in [2.24, 2.45) is 5.41 Å². The van der Waals surface area contributed by atoms with Crippen LogP contribution in [0, 0.1) is 10.6 Å². The molecule has 80 valence electrons. The molecule has 0 saturated carbocycles. The third-order valence-electron chi connectivity index (χ3n) is 3.39. The van der Waals surface area contributed by atoms with Crippen LogP contribution < -0.4 is 0 Å². The molecule has 0 aromatic heterocycles. The first kappa shape index (κ1) is 11.0. The fourth-order valence-electron chi connectivity index (χ4n) is 1.80. The van der Waals surface area contributed by atoms with Crippen LogP contribution in [0.25, 0.3) is 0 Å². The molecular formula is C10H18N2O2. The van der Waals surface area contributed by atoms with E-state index >= 15 is 0 Å². The van der Waals surface area contributed by atoms with Crippen molar-refractivity contribution in [2.75, 3.05) is 7.05 Å². The lowest BCUT2D eigenvalue weighted by Gasteiger charge is -2.40. The molecule has 0 aromatic rings. The largest absolute Gasteiger partial charge is 0.622 e. The molecule has 1 amide bonds. The number of carbonyl (C=O) groups is 1. The molecule has 0 fully saturated rings. The second-order valence-electron chi connectivity index (χ2n) is 5.01. The van der Waals surface area contributed by atoms with Gasteiger partial charge in [-0.05, 0) is 0 Å². The topological polar surface area (TPSA) is 46.4 Å². The Bertz CT molecular complexity index is 315.